The molecule has 0 bridgehead atoms. The largest absolute Gasteiger partial charge is 0.396 e. The smallest absolute Gasteiger partial charge is 0.315 e. The molecule has 3 N–H and O–H groups in total. The van der Waals surface area contributed by atoms with E-state index in [2.05, 4.69) is 22.7 Å². The third kappa shape index (κ3) is 3.52. The van der Waals surface area contributed by atoms with Gasteiger partial charge in [0.15, 0.2) is 0 Å². The minimum atomic E-state index is -0.189. The zero-order valence-electron chi connectivity index (χ0n) is 13.9. The summed E-state index contributed by atoms with van der Waals surface area (Å²) in [6.45, 7) is 2.18. The number of aromatic nitrogens is 2. The van der Waals surface area contributed by atoms with Crippen LogP contribution >= 0.6 is 0 Å². The van der Waals surface area contributed by atoms with Gasteiger partial charge in [0, 0.05) is 23.9 Å². The maximum absolute atomic E-state index is 12.5. The molecule has 128 valence electrons. The van der Waals surface area contributed by atoms with E-state index in [9.17, 15) is 9.90 Å². The molecule has 4 atom stereocenters. The number of nitrogens with zero attached hydrogens (tertiary/aromatic N) is 2. The molecule has 2 aliphatic rings. The fraction of sp³-hybridized carbons (Fsp3) is 0.765. The second-order valence-corrected chi connectivity index (χ2v) is 7.32. The Morgan fingerprint density at radius 3 is 2.87 bits per heavy atom. The fourth-order valence-corrected chi connectivity index (χ4v) is 4.11. The summed E-state index contributed by atoms with van der Waals surface area (Å²) in [5, 5.41) is 20.2. The van der Waals surface area contributed by atoms with Crippen LogP contribution in [0.3, 0.4) is 0 Å². The van der Waals surface area contributed by atoms with Crippen molar-refractivity contribution in [3.05, 3.63) is 18.5 Å². The molecule has 2 saturated carbocycles. The average Bonchev–Trinajstić information content (AvgIpc) is 3.19. The Hall–Kier alpha value is -1.56. The van der Waals surface area contributed by atoms with Gasteiger partial charge in [-0.05, 0) is 31.7 Å². The van der Waals surface area contributed by atoms with Crippen molar-refractivity contribution in [1.29, 1.82) is 0 Å². The molecule has 0 aromatic carbocycles. The van der Waals surface area contributed by atoms with E-state index in [4.69, 9.17) is 0 Å². The molecule has 1 aromatic heterocycles. The molecule has 2 aliphatic carbocycles. The van der Waals surface area contributed by atoms with Gasteiger partial charge < -0.3 is 15.7 Å². The highest BCUT2D eigenvalue weighted by Crippen LogP contribution is 2.37. The van der Waals surface area contributed by atoms with Crippen molar-refractivity contribution in [1.82, 2.24) is 20.4 Å². The van der Waals surface area contributed by atoms with E-state index in [-0.39, 0.29) is 36.2 Å². The first-order chi connectivity index (χ1) is 11.1. The summed E-state index contributed by atoms with van der Waals surface area (Å²) in [4.78, 5) is 12.5. The topological polar surface area (TPSA) is 79.2 Å². The number of rotatable bonds is 4. The molecule has 1 heterocycles. The summed E-state index contributed by atoms with van der Waals surface area (Å²) in [6.07, 6.45) is 11.1. The summed E-state index contributed by atoms with van der Waals surface area (Å²) >= 11 is 0. The third-order valence-corrected chi connectivity index (χ3v) is 5.66. The van der Waals surface area contributed by atoms with Crippen LogP contribution < -0.4 is 10.6 Å². The van der Waals surface area contributed by atoms with Crippen LogP contribution in [0.2, 0.25) is 0 Å². The number of hydrogen-bond donors (Lipinski definition) is 3. The number of amides is 2. The quantitative estimate of drug-likeness (QED) is 0.796. The maximum Gasteiger partial charge on any atom is 0.315 e. The summed E-state index contributed by atoms with van der Waals surface area (Å²) in [5.74, 6) is 0. The van der Waals surface area contributed by atoms with Gasteiger partial charge in [0.05, 0.1) is 18.7 Å². The molecule has 23 heavy (non-hydrogen) atoms. The zero-order chi connectivity index (χ0) is 16.3. The first-order valence-electron chi connectivity index (χ1n) is 8.79. The van der Waals surface area contributed by atoms with Gasteiger partial charge >= 0.3 is 6.03 Å². The van der Waals surface area contributed by atoms with E-state index in [0.717, 1.165) is 38.5 Å². The predicted molar refractivity (Wildman–Crippen MR) is 88.0 cm³/mol. The summed E-state index contributed by atoms with van der Waals surface area (Å²) < 4.78 is 1.97. The molecular formula is C17H28N4O2. The Morgan fingerprint density at radius 1 is 1.30 bits per heavy atom. The number of aliphatic hydroxyl groups excluding tert-OH is 1. The number of nitrogens with one attached hydrogen (secondary N) is 2. The standard InChI is InChI=1S/C17H28N4O2/c1-17(12-22)9-4-8-15(17)20-16(23)19-13-6-2-3-7-14(13)21-11-5-10-18-21/h5,10-11,13-15,22H,2-4,6-9,12H2,1H3,(H2,19,20,23). The molecule has 2 fully saturated rings. The van der Waals surface area contributed by atoms with Crippen molar-refractivity contribution >= 4 is 6.03 Å². The van der Waals surface area contributed by atoms with Gasteiger partial charge in [-0.3, -0.25) is 4.68 Å². The van der Waals surface area contributed by atoms with Gasteiger partial charge in [0.25, 0.3) is 0 Å². The Labute approximate surface area is 137 Å². The van der Waals surface area contributed by atoms with Gasteiger partial charge in [0.2, 0.25) is 0 Å². The minimum Gasteiger partial charge on any atom is -0.396 e. The molecule has 2 amide bonds. The van der Waals surface area contributed by atoms with Gasteiger partial charge in [-0.1, -0.05) is 26.2 Å². The molecule has 6 nitrogen and oxygen atoms in total. The number of hydrogen-bond acceptors (Lipinski definition) is 3. The Bertz CT molecular complexity index is 519. The maximum atomic E-state index is 12.5. The fourth-order valence-electron chi connectivity index (χ4n) is 4.11. The lowest BCUT2D eigenvalue weighted by Gasteiger charge is -2.34. The summed E-state index contributed by atoms with van der Waals surface area (Å²) in [5.41, 5.74) is -0.189. The summed E-state index contributed by atoms with van der Waals surface area (Å²) in [6, 6.07) is 2.22. The van der Waals surface area contributed by atoms with E-state index in [1.54, 1.807) is 6.20 Å². The van der Waals surface area contributed by atoms with Gasteiger partial charge in [-0.25, -0.2) is 4.79 Å². The van der Waals surface area contributed by atoms with Crippen LogP contribution in [0.25, 0.3) is 0 Å². The molecule has 4 unspecified atom stereocenters. The number of carbonyl (C=O) groups is 1. The second kappa shape index (κ2) is 6.91. The minimum absolute atomic E-state index is 0.0549. The van der Waals surface area contributed by atoms with Crippen molar-refractivity contribution < 1.29 is 9.90 Å². The highest BCUT2D eigenvalue weighted by atomic mass is 16.3. The Balaban J connectivity index is 1.60. The van der Waals surface area contributed by atoms with Crippen LogP contribution in [-0.4, -0.2) is 39.6 Å². The number of urea groups is 1. The van der Waals surface area contributed by atoms with Crippen LogP contribution in [0.15, 0.2) is 18.5 Å². The van der Waals surface area contributed by atoms with Crippen LogP contribution in [-0.2, 0) is 0 Å². The number of aliphatic hydroxyl groups is 1. The third-order valence-electron chi connectivity index (χ3n) is 5.66. The predicted octanol–water partition coefficient (Wildman–Crippen LogP) is 2.22. The van der Waals surface area contributed by atoms with Gasteiger partial charge in [-0.2, -0.15) is 5.10 Å². The lowest BCUT2D eigenvalue weighted by molar-refractivity contribution is 0.120. The van der Waals surface area contributed by atoms with E-state index < -0.39 is 0 Å². The van der Waals surface area contributed by atoms with Crippen molar-refractivity contribution in [2.24, 2.45) is 5.41 Å². The van der Waals surface area contributed by atoms with E-state index in [0.29, 0.717) is 0 Å². The Morgan fingerprint density at radius 2 is 2.13 bits per heavy atom. The molecule has 0 spiro atoms. The van der Waals surface area contributed by atoms with Crippen LogP contribution in [0.4, 0.5) is 4.79 Å². The van der Waals surface area contributed by atoms with Crippen molar-refractivity contribution in [2.75, 3.05) is 6.61 Å². The highest BCUT2D eigenvalue weighted by molar-refractivity contribution is 5.74. The van der Waals surface area contributed by atoms with Gasteiger partial charge in [-0.15, -0.1) is 0 Å². The van der Waals surface area contributed by atoms with Crippen LogP contribution in [0, 0.1) is 5.41 Å². The molecular weight excluding hydrogens is 292 g/mol. The zero-order valence-corrected chi connectivity index (χ0v) is 13.9. The van der Waals surface area contributed by atoms with Crippen LogP contribution in [0.5, 0.6) is 0 Å². The van der Waals surface area contributed by atoms with E-state index in [1.165, 1.54) is 6.42 Å². The van der Waals surface area contributed by atoms with E-state index in [1.807, 2.05) is 16.9 Å². The molecule has 0 radical (unpaired) electrons. The van der Waals surface area contributed by atoms with Crippen LogP contribution in [0.1, 0.15) is 57.9 Å². The number of carbonyl (C=O) groups excluding carboxylic acids is 1. The molecule has 0 aliphatic heterocycles. The second-order valence-electron chi connectivity index (χ2n) is 7.32. The van der Waals surface area contributed by atoms with Gasteiger partial charge in [0.1, 0.15) is 0 Å². The summed E-state index contributed by atoms with van der Waals surface area (Å²) in [7, 11) is 0. The Kier molecular flexibility index (Phi) is 4.90. The first kappa shape index (κ1) is 16.3. The molecule has 0 saturated heterocycles. The molecule has 3 rings (SSSR count). The molecule has 6 heteroatoms. The molecule has 1 aromatic rings. The normalized spacial score (nSPS) is 34.3. The highest BCUT2D eigenvalue weighted by Gasteiger charge is 2.39. The van der Waals surface area contributed by atoms with Crippen molar-refractivity contribution in [2.45, 2.75) is 70.0 Å². The lowest BCUT2D eigenvalue weighted by atomic mass is 9.86. The monoisotopic (exact) mass is 320 g/mol. The van der Waals surface area contributed by atoms with Crippen molar-refractivity contribution in [3.8, 4) is 0 Å². The average molecular weight is 320 g/mol. The first-order valence-corrected chi connectivity index (χ1v) is 8.79. The van der Waals surface area contributed by atoms with Crippen molar-refractivity contribution in [3.63, 3.8) is 0 Å². The SMILES string of the molecule is CC1(CO)CCCC1NC(=O)NC1CCCCC1n1cccn1. The lowest BCUT2D eigenvalue weighted by Crippen LogP contribution is -2.53. The van der Waals surface area contributed by atoms with E-state index >= 15 is 0 Å².